The normalized spacial score (nSPS) is 16.6. The van der Waals surface area contributed by atoms with Crippen molar-refractivity contribution < 1.29 is 18.1 Å². The Morgan fingerprint density at radius 2 is 2.00 bits per heavy atom. The van der Waals surface area contributed by atoms with E-state index < -0.39 is 10.0 Å². The van der Waals surface area contributed by atoms with E-state index in [2.05, 4.69) is 18.0 Å². The number of fused-ring (bicyclic) bond motifs is 1. The van der Waals surface area contributed by atoms with Crippen molar-refractivity contribution in [3.8, 4) is 0 Å². The number of thiophene rings is 1. The van der Waals surface area contributed by atoms with E-state index in [4.69, 9.17) is 0 Å². The molecular weight excluding hydrogens is 394 g/mol. The maximum Gasteiger partial charge on any atom is 0.252 e. The average molecular weight is 419 g/mol. The SMILES string of the molecule is CCc1cccc2c(C(=O)C[NH+]3CCN(S(=O)(=O)c4cccs4)CC3)c[nH]c12. The van der Waals surface area contributed by atoms with Gasteiger partial charge in [-0.3, -0.25) is 4.79 Å². The smallest absolute Gasteiger partial charge is 0.252 e. The summed E-state index contributed by atoms with van der Waals surface area (Å²) in [6.07, 6.45) is 2.72. The molecule has 8 heteroatoms. The third kappa shape index (κ3) is 3.53. The van der Waals surface area contributed by atoms with Crippen molar-refractivity contribution in [3.05, 3.63) is 53.0 Å². The number of benzene rings is 1. The molecule has 0 radical (unpaired) electrons. The molecule has 148 valence electrons. The van der Waals surface area contributed by atoms with Crippen LogP contribution in [0.3, 0.4) is 0 Å². The van der Waals surface area contributed by atoms with Crippen LogP contribution < -0.4 is 4.90 Å². The van der Waals surface area contributed by atoms with E-state index in [1.807, 2.05) is 18.3 Å². The van der Waals surface area contributed by atoms with Crippen LogP contribution in [0.1, 0.15) is 22.8 Å². The van der Waals surface area contributed by atoms with E-state index >= 15 is 0 Å². The van der Waals surface area contributed by atoms with Crippen molar-refractivity contribution in [2.45, 2.75) is 17.6 Å². The predicted octanol–water partition coefficient (Wildman–Crippen LogP) is 1.56. The molecule has 1 fully saturated rings. The first kappa shape index (κ1) is 19.3. The molecule has 0 saturated carbocycles. The number of aryl methyl sites for hydroxylation is 1. The van der Waals surface area contributed by atoms with Gasteiger partial charge in [-0.05, 0) is 23.4 Å². The average Bonchev–Trinajstić information content (AvgIpc) is 3.38. The lowest BCUT2D eigenvalue weighted by Crippen LogP contribution is -3.15. The van der Waals surface area contributed by atoms with Gasteiger partial charge < -0.3 is 9.88 Å². The van der Waals surface area contributed by atoms with Crippen LogP contribution in [0, 0.1) is 0 Å². The molecular formula is C20H24N3O3S2+. The fourth-order valence-corrected chi connectivity index (χ4v) is 6.41. The molecule has 1 aliphatic rings. The Morgan fingerprint density at radius 3 is 2.68 bits per heavy atom. The van der Waals surface area contributed by atoms with Crippen molar-refractivity contribution >= 4 is 38.0 Å². The lowest BCUT2D eigenvalue weighted by Gasteiger charge is -2.30. The Morgan fingerprint density at radius 1 is 1.21 bits per heavy atom. The predicted molar refractivity (Wildman–Crippen MR) is 111 cm³/mol. The van der Waals surface area contributed by atoms with Gasteiger partial charge in [-0.2, -0.15) is 4.31 Å². The second-order valence-electron chi connectivity index (χ2n) is 7.08. The lowest BCUT2D eigenvalue weighted by molar-refractivity contribution is -0.895. The number of Topliss-reactive ketones (excluding diaryl/α,β-unsaturated/α-hetero) is 1. The van der Waals surface area contributed by atoms with E-state index in [0.717, 1.165) is 27.8 Å². The van der Waals surface area contributed by atoms with Crippen LogP contribution in [0.5, 0.6) is 0 Å². The molecule has 1 aliphatic heterocycles. The molecule has 0 amide bonds. The number of nitrogens with one attached hydrogen (secondary N) is 2. The number of hydrogen-bond acceptors (Lipinski definition) is 4. The van der Waals surface area contributed by atoms with Gasteiger partial charge in [-0.15, -0.1) is 11.3 Å². The molecule has 0 aliphatic carbocycles. The van der Waals surface area contributed by atoms with Gasteiger partial charge in [0.1, 0.15) is 10.8 Å². The van der Waals surface area contributed by atoms with Crippen molar-refractivity contribution in [1.82, 2.24) is 9.29 Å². The summed E-state index contributed by atoms with van der Waals surface area (Å²) < 4.78 is 27.2. The summed E-state index contributed by atoms with van der Waals surface area (Å²) in [4.78, 5) is 17.3. The first-order valence-electron chi connectivity index (χ1n) is 9.50. The molecule has 1 aromatic carbocycles. The Labute approximate surface area is 168 Å². The monoisotopic (exact) mass is 418 g/mol. The highest BCUT2D eigenvalue weighted by atomic mass is 32.2. The molecule has 0 bridgehead atoms. The molecule has 28 heavy (non-hydrogen) atoms. The maximum absolute atomic E-state index is 12.9. The fraction of sp³-hybridized carbons (Fsp3) is 0.350. The highest BCUT2D eigenvalue weighted by molar-refractivity contribution is 7.91. The highest BCUT2D eigenvalue weighted by Crippen LogP contribution is 2.23. The third-order valence-electron chi connectivity index (χ3n) is 5.41. The molecule has 0 spiro atoms. The summed E-state index contributed by atoms with van der Waals surface area (Å²) in [7, 11) is -3.40. The molecule has 4 rings (SSSR count). The maximum atomic E-state index is 12.9. The van der Waals surface area contributed by atoms with Crippen LogP contribution in [0.25, 0.3) is 10.9 Å². The number of ketones is 1. The molecule has 6 nitrogen and oxygen atoms in total. The summed E-state index contributed by atoms with van der Waals surface area (Å²) in [5.74, 6) is 0.101. The van der Waals surface area contributed by atoms with Gasteiger partial charge in [0.15, 0.2) is 0 Å². The Balaban J connectivity index is 1.42. The van der Waals surface area contributed by atoms with E-state index in [1.54, 1.807) is 17.5 Å². The molecule has 1 saturated heterocycles. The number of rotatable bonds is 6. The van der Waals surface area contributed by atoms with Gasteiger partial charge in [0, 0.05) is 22.7 Å². The van der Waals surface area contributed by atoms with Crippen LogP contribution in [0.4, 0.5) is 0 Å². The Bertz CT molecular complexity index is 1080. The summed E-state index contributed by atoms with van der Waals surface area (Å²) in [5, 5.41) is 2.75. The van der Waals surface area contributed by atoms with E-state index in [0.29, 0.717) is 36.9 Å². The number of H-pyrrole nitrogens is 1. The molecule has 2 N–H and O–H groups in total. The van der Waals surface area contributed by atoms with Crippen LogP contribution in [-0.2, 0) is 16.4 Å². The van der Waals surface area contributed by atoms with Crippen LogP contribution in [0.15, 0.2) is 46.1 Å². The summed E-state index contributed by atoms with van der Waals surface area (Å²) >= 11 is 1.24. The zero-order chi connectivity index (χ0) is 19.7. The van der Waals surface area contributed by atoms with Crippen LogP contribution >= 0.6 is 11.3 Å². The Kier molecular flexibility index (Phi) is 5.37. The number of carbonyl (C=O) groups excluding carboxylic acids is 1. The zero-order valence-electron chi connectivity index (χ0n) is 15.8. The second-order valence-corrected chi connectivity index (χ2v) is 10.2. The topological polar surface area (TPSA) is 74.7 Å². The largest absolute Gasteiger partial charge is 0.360 e. The minimum absolute atomic E-state index is 0.101. The van der Waals surface area contributed by atoms with Crippen LogP contribution in [0.2, 0.25) is 0 Å². The van der Waals surface area contributed by atoms with Gasteiger partial charge in [0.05, 0.1) is 26.2 Å². The number of nitrogens with zero attached hydrogens (tertiary/aromatic N) is 1. The number of quaternary nitrogens is 1. The standard InChI is InChI=1S/C20H23N3O3S2/c1-2-15-5-3-6-16-17(13-21-20(15)16)18(24)14-22-8-10-23(11-9-22)28(25,26)19-7-4-12-27-19/h3-7,12-13,21H,2,8-11,14H2,1H3/p+1. The van der Waals surface area contributed by atoms with Gasteiger partial charge in [0.2, 0.25) is 5.78 Å². The van der Waals surface area contributed by atoms with E-state index in [1.165, 1.54) is 21.2 Å². The first-order chi connectivity index (χ1) is 13.5. The van der Waals surface area contributed by atoms with Gasteiger partial charge in [-0.1, -0.05) is 31.2 Å². The molecule has 3 aromatic rings. The number of hydrogen-bond donors (Lipinski definition) is 2. The second kappa shape index (κ2) is 7.79. The summed E-state index contributed by atoms with van der Waals surface area (Å²) in [6.45, 7) is 4.65. The van der Waals surface area contributed by atoms with Crippen molar-refractivity contribution in [2.24, 2.45) is 0 Å². The van der Waals surface area contributed by atoms with Gasteiger partial charge in [0.25, 0.3) is 10.0 Å². The van der Waals surface area contributed by atoms with Crippen LogP contribution in [-0.4, -0.2) is 56.2 Å². The van der Waals surface area contributed by atoms with Gasteiger partial charge in [-0.25, -0.2) is 8.42 Å². The minimum Gasteiger partial charge on any atom is -0.360 e. The molecule has 2 aromatic heterocycles. The van der Waals surface area contributed by atoms with E-state index in [-0.39, 0.29) is 5.78 Å². The number of sulfonamides is 1. The molecule has 0 atom stereocenters. The fourth-order valence-electron chi connectivity index (χ4n) is 3.82. The molecule has 0 unspecified atom stereocenters. The van der Waals surface area contributed by atoms with E-state index in [9.17, 15) is 13.2 Å². The third-order valence-corrected chi connectivity index (χ3v) is 8.68. The lowest BCUT2D eigenvalue weighted by atomic mass is 10.0. The number of aromatic nitrogens is 1. The summed E-state index contributed by atoms with van der Waals surface area (Å²) in [6, 6.07) is 9.45. The van der Waals surface area contributed by atoms with Crippen molar-refractivity contribution in [2.75, 3.05) is 32.7 Å². The minimum atomic E-state index is -3.40. The van der Waals surface area contributed by atoms with Crippen molar-refractivity contribution in [3.63, 3.8) is 0 Å². The zero-order valence-corrected chi connectivity index (χ0v) is 17.4. The number of aromatic amines is 1. The van der Waals surface area contributed by atoms with Crippen molar-refractivity contribution in [1.29, 1.82) is 0 Å². The number of carbonyl (C=O) groups is 1. The summed E-state index contributed by atoms with van der Waals surface area (Å²) in [5.41, 5.74) is 2.97. The quantitative estimate of drug-likeness (QED) is 0.597. The van der Waals surface area contributed by atoms with Gasteiger partial charge >= 0.3 is 0 Å². The number of para-hydroxylation sites is 1. The highest BCUT2D eigenvalue weighted by Gasteiger charge is 2.32. The molecule has 3 heterocycles. The first-order valence-corrected chi connectivity index (χ1v) is 11.8. The number of piperazine rings is 1. The Hall–Kier alpha value is -2.00.